The van der Waals surface area contributed by atoms with E-state index in [1.165, 1.54) is 11.0 Å². The lowest BCUT2D eigenvalue weighted by Crippen LogP contribution is -2.40. The molecule has 0 saturated carbocycles. The van der Waals surface area contributed by atoms with Gasteiger partial charge >= 0.3 is 0 Å². The van der Waals surface area contributed by atoms with Crippen LogP contribution in [0.25, 0.3) is 11.8 Å². The number of rotatable bonds is 7. The highest BCUT2D eigenvalue weighted by molar-refractivity contribution is 5.94. The average molecular weight is 368 g/mol. The molecule has 0 spiro atoms. The van der Waals surface area contributed by atoms with E-state index in [9.17, 15) is 9.59 Å². The number of hydrogen-bond donors (Lipinski definition) is 0. The van der Waals surface area contributed by atoms with Crippen molar-refractivity contribution in [2.75, 3.05) is 26.7 Å². The number of aromatic nitrogens is 2. The Morgan fingerprint density at radius 2 is 1.74 bits per heavy atom. The summed E-state index contributed by atoms with van der Waals surface area (Å²) in [5.41, 5.74) is 3.70. The lowest BCUT2D eigenvalue weighted by molar-refractivity contribution is -0.136. The minimum atomic E-state index is -0.207. The summed E-state index contributed by atoms with van der Waals surface area (Å²) in [6.45, 7) is 9.12. The normalized spacial score (nSPS) is 11.0. The van der Waals surface area contributed by atoms with Crippen molar-refractivity contribution in [1.29, 1.82) is 0 Å². The number of carbonyl (C=O) groups is 2. The van der Waals surface area contributed by atoms with Crippen molar-refractivity contribution in [2.45, 2.75) is 27.7 Å². The van der Waals surface area contributed by atoms with E-state index >= 15 is 0 Å². The molecule has 6 nitrogen and oxygen atoms in total. The largest absolute Gasteiger partial charge is 0.342 e. The molecule has 2 amide bonds. The number of benzene rings is 1. The van der Waals surface area contributed by atoms with Crippen molar-refractivity contribution >= 4 is 17.9 Å². The third-order valence-electron chi connectivity index (χ3n) is 4.61. The summed E-state index contributed by atoms with van der Waals surface area (Å²) in [7, 11) is 1.64. The molecule has 1 aromatic heterocycles. The van der Waals surface area contributed by atoms with Gasteiger partial charge in [-0.15, -0.1) is 0 Å². The quantitative estimate of drug-likeness (QED) is 0.706. The van der Waals surface area contributed by atoms with E-state index in [2.05, 4.69) is 5.10 Å². The van der Waals surface area contributed by atoms with Crippen LogP contribution in [0.3, 0.4) is 0 Å². The minimum absolute atomic E-state index is 0.0477. The van der Waals surface area contributed by atoms with Crippen molar-refractivity contribution in [2.24, 2.45) is 0 Å². The molecular formula is C21H28N4O2. The van der Waals surface area contributed by atoms with Gasteiger partial charge in [-0.3, -0.25) is 9.59 Å². The van der Waals surface area contributed by atoms with E-state index in [0.717, 1.165) is 22.6 Å². The molecule has 0 aliphatic rings. The molecule has 27 heavy (non-hydrogen) atoms. The first kappa shape index (κ1) is 20.4. The second kappa shape index (κ2) is 9.16. The van der Waals surface area contributed by atoms with Crippen LogP contribution in [0, 0.1) is 13.8 Å². The molecule has 0 unspecified atom stereocenters. The van der Waals surface area contributed by atoms with Gasteiger partial charge in [0.1, 0.15) is 0 Å². The Bertz CT molecular complexity index is 820. The van der Waals surface area contributed by atoms with Crippen LogP contribution in [0.4, 0.5) is 0 Å². The predicted molar refractivity (Wildman–Crippen MR) is 108 cm³/mol. The summed E-state index contributed by atoms with van der Waals surface area (Å²) in [4.78, 5) is 27.7. The molecule has 2 rings (SSSR count). The van der Waals surface area contributed by atoms with Gasteiger partial charge in [0.15, 0.2) is 0 Å². The van der Waals surface area contributed by atoms with Crippen LogP contribution in [0.1, 0.15) is 30.8 Å². The molecular weight excluding hydrogens is 340 g/mol. The zero-order chi connectivity index (χ0) is 20.0. The lowest BCUT2D eigenvalue weighted by Gasteiger charge is -2.22. The van der Waals surface area contributed by atoms with Crippen LogP contribution in [0.15, 0.2) is 36.4 Å². The Hall–Kier alpha value is -2.89. The topological polar surface area (TPSA) is 58.4 Å². The number of nitrogens with zero attached hydrogens (tertiary/aromatic N) is 4. The SMILES string of the molecule is CCN(CC)C(=O)CN(C)C(=O)/C=C/c1c(C)nn(-c2ccccc2)c1C. The summed E-state index contributed by atoms with van der Waals surface area (Å²) < 4.78 is 1.87. The minimum Gasteiger partial charge on any atom is -0.342 e. The Kier molecular flexibility index (Phi) is 6.93. The molecule has 1 heterocycles. The zero-order valence-electron chi connectivity index (χ0n) is 16.8. The summed E-state index contributed by atoms with van der Waals surface area (Å²) in [6.07, 6.45) is 3.28. The van der Waals surface area contributed by atoms with Gasteiger partial charge in [0.2, 0.25) is 11.8 Å². The van der Waals surface area contributed by atoms with E-state index in [4.69, 9.17) is 0 Å². The fourth-order valence-electron chi connectivity index (χ4n) is 2.96. The molecule has 0 aliphatic heterocycles. The van der Waals surface area contributed by atoms with Crippen molar-refractivity contribution in [1.82, 2.24) is 19.6 Å². The molecule has 0 saturated heterocycles. The second-order valence-corrected chi connectivity index (χ2v) is 6.43. The van der Waals surface area contributed by atoms with Crippen molar-refractivity contribution in [3.8, 4) is 5.69 Å². The number of para-hydroxylation sites is 1. The van der Waals surface area contributed by atoms with Crippen LogP contribution in [-0.4, -0.2) is 58.1 Å². The first-order valence-corrected chi connectivity index (χ1v) is 9.21. The Morgan fingerprint density at radius 1 is 1.11 bits per heavy atom. The van der Waals surface area contributed by atoms with Gasteiger partial charge in [-0.1, -0.05) is 18.2 Å². The fourth-order valence-corrected chi connectivity index (χ4v) is 2.96. The van der Waals surface area contributed by atoms with E-state index in [-0.39, 0.29) is 18.4 Å². The van der Waals surface area contributed by atoms with E-state index in [1.807, 2.05) is 62.7 Å². The Labute approximate surface area is 161 Å². The standard InChI is InChI=1S/C21H28N4O2/c1-6-24(7-2)21(27)15-23(5)20(26)14-13-19-16(3)22-25(17(19)4)18-11-9-8-10-12-18/h8-14H,6-7,15H2,1-5H3/b14-13+. The van der Waals surface area contributed by atoms with E-state index < -0.39 is 0 Å². The summed E-state index contributed by atoms with van der Waals surface area (Å²) in [5, 5.41) is 4.58. The predicted octanol–water partition coefficient (Wildman–Crippen LogP) is 2.83. The number of hydrogen-bond acceptors (Lipinski definition) is 3. The van der Waals surface area contributed by atoms with Crippen molar-refractivity contribution < 1.29 is 9.59 Å². The molecule has 144 valence electrons. The van der Waals surface area contributed by atoms with Gasteiger partial charge in [-0.2, -0.15) is 5.10 Å². The average Bonchev–Trinajstić information content (AvgIpc) is 2.95. The maximum atomic E-state index is 12.4. The first-order valence-electron chi connectivity index (χ1n) is 9.21. The van der Waals surface area contributed by atoms with E-state index in [0.29, 0.717) is 13.1 Å². The van der Waals surface area contributed by atoms with E-state index in [1.54, 1.807) is 18.0 Å². The number of carbonyl (C=O) groups excluding carboxylic acids is 2. The number of amides is 2. The van der Waals surface area contributed by atoms with Crippen LogP contribution >= 0.6 is 0 Å². The van der Waals surface area contributed by atoms with Crippen LogP contribution in [0.2, 0.25) is 0 Å². The second-order valence-electron chi connectivity index (χ2n) is 6.43. The van der Waals surface area contributed by atoms with Crippen LogP contribution in [-0.2, 0) is 9.59 Å². The lowest BCUT2D eigenvalue weighted by atomic mass is 10.2. The van der Waals surface area contributed by atoms with Crippen LogP contribution in [0.5, 0.6) is 0 Å². The molecule has 0 fully saturated rings. The van der Waals surface area contributed by atoms with Gasteiger partial charge in [0.25, 0.3) is 0 Å². The highest BCUT2D eigenvalue weighted by atomic mass is 16.2. The monoisotopic (exact) mass is 368 g/mol. The van der Waals surface area contributed by atoms with Gasteiger partial charge in [0, 0.05) is 37.5 Å². The van der Waals surface area contributed by atoms with Gasteiger partial charge in [-0.05, 0) is 45.9 Å². The third-order valence-corrected chi connectivity index (χ3v) is 4.61. The van der Waals surface area contributed by atoms with Gasteiger partial charge in [-0.25, -0.2) is 4.68 Å². The molecule has 0 aliphatic carbocycles. The fraction of sp³-hybridized carbons (Fsp3) is 0.381. The van der Waals surface area contributed by atoms with Gasteiger partial charge in [0.05, 0.1) is 17.9 Å². The third kappa shape index (κ3) is 4.84. The smallest absolute Gasteiger partial charge is 0.246 e. The summed E-state index contributed by atoms with van der Waals surface area (Å²) in [5.74, 6) is -0.254. The maximum absolute atomic E-state index is 12.4. The zero-order valence-corrected chi connectivity index (χ0v) is 16.8. The molecule has 1 aromatic carbocycles. The number of aryl methyl sites for hydroxylation is 1. The summed E-state index contributed by atoms with van der Waals surface area (Å²) in [6, 6.07) is 9.87. The van der Waals surface area contributed by atoms with Gasteiger partial charge < -0.3 is 9.80 Å². The first-order chi connectivity index (χ1) is 12.9. The van der Waals surface area contributed by atoms with Crippen molar-refractivity contribution in [3.05, 3.63) is 53.4 Å². The molecule has 0 atom stereocenters. The Morgan fingerprint density at radius 3 is 2.33 bits per heavy atom. The molecule has 6 heteroatoms. The van der Waals surface area contributed by atoms with Crippen LogP contribution < -0.4 is 0 Å². The maximum Gasteiger partial charge on any atom is 0.246 e. The molecule has 0 radical (unpaired) electrons. The number of likely N-dealkylation sites (N-methyl/N-ethyl adjacent to an activating group) is 2. The Balaban J connectivity index is 2.12. The van der Waals surface area contributed by atoms with Crippen molar-refractivity contribution in [3.63, 3.8) is 0 Å². The highest BCUT2D eigenvalue weighted by Gasteiger charge is 2.16. The molecule has 0 N–H and O–H groups in total. The summed E-state index contributed by atoms with van der Waals surface area (Å²) >= 11 is 0. The highest BCUT2D eigenvalue weighted by Crippen LogP contribution is 2.19. The molecule has 2 aromatic rings. The molecule has 0 bridgehead atoms.